The number of hydrogen-bond acceptors (Lipinski definition) is 3. The van der Waals surface area contributed by atoms with Gasteiger partial charge in [-0.1, -0.05) is 29.7 Å². The van der Waals surface area contributed by atoms with E-state index in [1.54, 1.807) is 18.2 Å². The molecule has 1 heterocycles. The molecule has 0 aliphatic carbocycles. The van der Waals surface area contributed by atoms with Crippen molar-refractivity contribution in [3.8, 4) is 11.3 Å². The topological polar surface area (TPSA) is 45.7 Å². The number of fused-ring (bicyclic) bond motifs is 1. The molecule has 3 rings (SSSR count). The molecule has 3 nitrogen and oxygen atoms in total. The number of rotatable bonds is 2. The summed E-state index contributed by atoms with van der Waals surface area (Å²) in [4.78, 5) is 0. The van der Waals surface area contributed by atoms with Crippen LogP contribution in [0.4, 0.5) is 0 Å². The summed E-state index contributed by atoms with van der Waals surface area (Å²) < 4.78 is 5.92. The molecule has 3 aromatic rings. The van der Waals surface area contributed by atoms with Crippen molar-refractivity contribution in [3.05, 3.63) is 64.5 Å². The van der Waals surface area contributed by atoms with Crippen molar-refractivity contribution in [1.82, 2.24) is 0 Å². The van der Waals surface area contributed by atoms with Gasteiger partial charge in [-0.05, 0) is 48.4 Å². The molecule has 4 heteroatoms. The van der Waals surface area contributed by atoms with Gasteiger partial charge in [-0.2, -0.15) is 0 Å². The molecule has 0 saturated heterocycles. The van der Waals surface area contributed by atoms with E-state index in [0.717, 1.165) is 17.4 Å². The molecule has 2 aromatic carbocycles. The Kier molecular flexibility index (Phi) is 3.67. The van der Waals surface area contributed by atoms with E-state index >= 15 is 0 Å². The first kappa shape index (κ1) is 13.7. The molecule has 0 atom stereocenters. The lowest BCUT2D eigenvalue weighted by Gasteiger charge is -2.06. The van der Waals surface area contributed by atoms with E-state index in [9.17, 15) is 5.21 Å². The minimum absolute atomic E-state index is 0.497. The molecular weight excluding hydrogens is 286 g/mol. The zero-order valence-electron chi connectivity index (χ0n) is 11.5. The summed E-state index contributed by atoms with van der Waals surface area (Å²) in [7, 11) is 0. The van der Waals surface area contributed by atoms with E-state index in [1.165, 1.54) is 5.56 Å². The van der Waals surface area contributed by atoms with E-state index in [0.29, 0.717) is 21.7 Å². The zero-order chi connectivity index (χ0) is 14.8. The highest BCUT2D eigenvalue weighted by atomic mass is 35.5. The Morgan fingerprint density at radius 3 is 2.52 bits per heavy atom. The van der Waals surface area contributed by atoms with Crippen molar-refractivity contribution < 1.29 is 9.62 Å². The second-order valence-corrected chi connectivity index (χ2v) is 5.22. The number of benzene rings is 2. The van der Waals surface area contributed by atoms with E-state index in [1.807, 2.05) is 30.3 Å². The maximum absolute atomic E-state index is 9.28. The van der Waals surface area contributed by atoms with Crippen molar-refractivity contribution in [2.45, 2.75) is 13.3 Å². The second-order valence-electron chi connectivity index (χ2n) is 4.79. The standard InChI is InChI=1S/C17H14ClNO2/c1-2-11-3-8-16-14(9-11)15(19-20)10-17(21-16)12-4-6-13(18)7-5-12/h3-10,20H,2H2,1H3/b19-15+. The zero-order valence-corrected chi connectivity index (χ0v) is 12.3. The van der Waals surface area contributed by atoms with Crippen LogP contribution in [-0.2, 0) is 6.42 Å². The molecule has 0 unspecified atom stereocenters. The first-order chi connectivity index (χ1) is 10.2. The van der Waals surface area contributed by atoms with Crippen LogP contribution in [0.3, 0.4) is 0 Å². The average Bonchev–Trinajstić information content (AvgIpc) is 2.54. The molecule has 106 valence electrons. The van der Waals surface area contributed by atoms with Crippen molar-refractivity contribution in [2.24, 2.45) is 5.16 Å². The van der Waals surface area contributed by atoms with Crippen LogP contribution in [-0.4, -0.2) is 5.21 Å². The van der Waals surface area contributed by atoms with Crippen molar-refractivity contribution in [2.75, 3.05) is 0 Å². The highest BCUT2D eigenvalue weighted by molar-refractivity contribution is 6.30. The monoisotopic (exact) mass is 299 g/mol. The highest BCUT2D eigenvalue weighted by Gasteiger charge is 2.07. The summed E-state index contributed by atoms with van der Waals surface area (Å²) in [6.45, 7) is 2.08. The van der Waals surface area contributed by atoms with Gasteiger partial charge in [0.05, 0.1) is 0 Å². The lowest BCUT2D eigenvalue weighted by Crippen LogP contribution is -2.03. The van der Waals surface area contributed by atoms with Crippen molar-refractivity contribution in [1.29, 1.82) is 0 Å². The summed E-state index contributed by atoms with van der Waals surface area (Å²) in [6, 6.07) is 15.0. The summed E-state index contributed by atoms with van der Waals surface area (Å²) in [5.74, 6) is 0.635. The predicted molar refractivity (Wildman–Crippen MR) is 83.4 cm³/mol. The fourth-order valence-electron chi connectivity index (χ4n) is 2.28. The Morgan fingerprint density at radius 1 is 1.10 bits per heavy atom. The highest BCUT2D eigenvalue weighted by Crippen LogP contribution is 2.24. The van der Waals surface area contributed by atoms with Crippen LogP contribution in [0.1, 0.15) is 12.5 Å². The Bertz CT molecular complexity index is 851. The predicted octanol–water partition coefficient (Wildman–Crippen LogP) is 4.61. The lowest BCUT2D eigenvalue weighted by molar-refractivity contribution is 0.302. The molecule has 1 aromatic heterocycles. The Labute approximate surface area is 127 Å². The molecule has 0 saturated carbocycles. The quantitative estimate of drug-likeness (QED) is 0.555. The van der Waals surface area contributed by atoms with Gasteiger partial charge in [0.25, 0.3) is 0 Å². The van der Waals surface area contributed by atoms with Crippen LogP contribution >= 0.6 is 11.6 Å². The molecular formula is C17H14ClNO2. The fourth-order valence-corrected chi connectivity index (χ4v) is 2.40. The summed E-state index contributed by atoms with van der Waals surface area (Å²) >= 11 is 5.90. The maximum Gasteiger partial charge on any atom is 0.137 e. The minimum atomic E-state index is 0.497. The van der Waals surface area contributed by atoms with Crippen LogP contribution in [0.5, 0.6) is 0 Å². The molecule has 0 bridgehead atoms. The molecule has 0 fully saturated rings. The van der Waals surface area contributed by atoms with Crippen molar-refractivity contribution in [3.63, 3.8) is 0 Å². The molecule has 21 heavy (non-hydrogen) atoms. The largest absolute Gasteiger partial charge is 0.456 e. The summed E-state index contributed by atoms with van der Waals surface area (Å²) in [5, 5.41) is 14.6. The number of nitrogens with zero attached hydrogens (tertiary/aromatic N) is 1. The normalized spacial score (nSPS) is 12.0. The van der Waals surface area contributed by atoms with Gasteiger partial charge in [0.15, 0.2) is 0 Å². The van der Waals surface area contributed by atoms with E-state index in [-0.39, 0.29) is 0 Å². The molecule has 0 radical (unpaired) electrons. The fraction of sp³-hybridized carbons (Fsp3) is 0.118. The Hall–Kier alpha value is -2.26. The molecule has 0 spiro atoms. The van der Waals surface area contributed by atoms with E-state index in [4.69, 9.17) is 16.0 Å². The summed E-state index contributed by atoms with van der Waals surface area (Å²) in [6.07, 6.45) is 0.916. The van der Waals surface area contributed by atoms with Gasteiger partial charge in [0.2, 0.25) is 0 Å². The lowest BCUT2D eigenvalue weighted by atomic mass is 10.1. The number of aryl methyl sites for hydroxylation is 1. The number of halogens is 1. The van der Waals surface area contributed by atoms with Gasteiger partial charge in [-0.3, -0.25) is 0 Å². The average molecular weight is 300 g/mol. The van der Waals surface area contributed by atoms with E-state index in [2.05, 4.69) is 12.1 Å². The van der Waals surface area contributed by atoms with Crippen molar-refractivity contribution >= 4 is 22.6 Å². The first-order valence-electron chi connectivity index (χ1n) is 6.72. The van der Waals surface area contributed by atoms with Crippen LogP contribution in [0.2, 0.25) is 5.02 Å². The number of hydrogen-bond donors (Lipinski definition) is 1. The van der Waals surface area contributed by atoms with Crippen LogP contribution in [0.15, 0.2) is 58.1 Å². The van der Waals surface area contributed by atoms with E-state index < -0.39 is 0 Å². The first-order valence-corrected chi connectivity index (χ1v) is 7.10. The summed E-state index contributed by atoms with van der Waals surface area (Å²) in [5.41, 5.74) is 2.74. The molecule has 0 aliphatic heterocycles. The van der Waals surface area contributed by atoms with Gasteiger partial charge >= 0.3 is 0 Å². The van der Waals surface area contributed by atoms with Gasteiger partial charge in [-0.25, -0.2) is 0 Å². The molecule has 1 N–H and O–H groups in total. The van der Waals surface area contributed by atoms with Gasteiger partial charge < -0.3 is 9.62 Å². The second kappa shape index (κ2) is 5.62. The third-order valence-corrected chi connectivity index (χ3v) is 3.70. The van der Waals surface area contributed by atoms with Gasteiger partial charge in [0.1, 0.15) is 16.7 Å². The minimum Gasteiger partial charge on any atom is -0.456 e. The molecule has 0 amide bonds. The molecule has 0 aliphatic rings. The van der Waals surface area contributed by atoms with Crippen LogP contribution in [0.25, 0.3) is 22.3 Å². The Balaban J connectivity index is 2.25. The Morgan fingerprint density at radius 2 is 1.86 bits per heavy atom. The SMILES string of the molecule is CCc1ccc2oc(-c3ccc(Cl)cc3)c/c(=N\O)c2c1. The van der Waals surface area contributed by atoms with Gasteiger partial charge in [-0.15, -0.1) is 0 Å². The smallest absolute Gasteiger partial charge is 0.137 e. The van der Waals surface area contributed by atoms with Crippen LogP contribution in [0, 0.1) is 0 Å². The maximum atomic E-state index is 9.28. The third kappa shape index (κ3) is 2.65. The van der Waals surface area contributed by atoms with Crippen LogP contribution < -0.4 is 5.36 Å². The van der Waals surface area contributed by atoms with Gasteiger partial charge in [0, 0.05) is 22.0 Å². The third-order valence-electron chi connectivity index (χ3n) is 3.45.